The molecule has 6 nitrogen and oxygen atoms in total. The molecule has 2 atom stereocenters. The van der Waals surface area contributed by atoms with Gasteiger partial charge in [0.15, 0.2) is 12.3 Å². The minimum absolute atomic E-state index is 0.0556. The van der Waals surface area contributed by atoms with Crippen molar-refractivity contribution in [3.05, 3.63) is 24.8 Å². The summed E-state index contributed by atoms with van der Waals surface area (Å²) < 4.78 is 1.46. The summed E-state index contributed by atoms with van der Waals surface area (Å²) in [4.78, 5) is 22.3. The molecular formula is C19H40N4O2+2. The van der Waals surface area contributed by atoms with Gasteiger partial charge in [0, 0.05) is 18.4 Å². The van der Waals surface area contributed by atoms with E-state index in [0.29, 0.717) is 5.57 Å². The molecule has 0 saturated carbocycles. The molecule has 0 aliphatic heterocycles. The van der Waals surface area contributed by atoms with Gasteiger partial charge in [0.25, 0.3) is 5.91 Å². The average molecular weight is 357 g/mol. The number of amides is 2. The standard InChI is InChI=1S/C10H20N2O.C9H18N2O/c1-7-9(12(4,5)6)11-10(13)8(2)3;1-6-8(11(3,4)5)10-9(12)7-2/h9H,2,7H2,1,3-6H3;7-8H,2,6H2,1,3-5H3/p+2. The highest BCUT2D eigenvalue weighted by Gasteiger charge is 2.23. The number of nitrogens with zero attached hydrogens (tertiary/aromatic N) is 2. The van der Waals surface area contributed by atoms with Crippen LogP contribution in [-0.2, 0) is 9.59 Å². The van der Waals surface area contributed by atoms with Crippen LogP contribution < -0.4 is 10.6 Å². The van der Waals surface area contributed by atoms with Crippen LogP contribution in [0, 0.1) is 0 Å². The van der Waals surface area contributed by atoms with E-state index in [4.69, 9.17) is 0 Å². The van der Waals surface area contributed by atoms with Gasteiger partial charge in [0.05, 0.1) is 42.3 Å². The molecule has 146 valence electrons. The molecule has 0 aliphatic carbocycles. The summed E-state index contributed by atoms with van der Waals surface area (Å²) in [7, 11) is 12.3. The molecule has 0 aromatic rings. The third kappa shape index (κ3) is 11.5. The number of rotatable bonds is 8. The molecule has 0 aromatic carbocycles. The third-order valence-electron chi connectivity index (χ3n) is 3.82. The molecule has 2 N–H and O–H groups in total. The van der Waals surface area contributed by atoms with Gasteiger partial charge in [-0.3, -0.25) is 9.59 Å². The van der Waals surface area contributed by atoms with Crippen LogP contribution in [0.2, 0.25) is 0 Å². The van der Waals surface area contributed by atoms with Crippen molar-refractivity contribution >= 4 is 11.8 Å². The van der Waals surface area contributed by atoms with E-state index < -0.39 is 0 Å². The van der Waals surface area contributed by atoms with E-state index in [9.17, 15) is 9.59 Å². The van der Waals surface area contributed by atoms with Crippen LogP contribution >= 0.6 is 0 Å². The van der Waals surface area contributed by atoms with E-state index in [1.165, 1.54) is 6.08 Å². The Labute approximate surface area is 154 Å². The molecular weight excluding hydrogens is 316 g/mol. The van der Waals surface area contributed by atoms with Gasteiger partial charge in [-0.2, -0.15) is 0 Å². The second kappa shape index (κ2) is 11.1. The smallest absolute Gasteiger partial charge is 0.250 e. The van der Waals surface area contributed by atoms with Crippen LogP contribution in [0.5, 0.6) is 0 Å². The molecule has 0 rings (SSSR count). The van der Waals surface area contributed by atoms with Gasteiger partial charge in [0.1, 0.15) is 0 Å². The second-order valence-electron chi connectivity index (χ2n) is 8.05. The summed E-state index contributed by atoms with van der Waals surface area (Å²) in [6, 6.07) is 0. The van der Waals surface area contributed by atoms with Crippen molar-refractivity contribution in [2.45, 2.75) is 45.9 Å². The van der Waals surface area contributed by atoms with E-state index in [0.717, 1.165) is 21.8 Å². The fourth-order valence-corrected chi connectivity index (χ4v) is 2.18. The summed E-state index contributed by atoms with van der Waals surface area (Å²) in [6.45, 7) is 12.9. The third-order valence-corrected chi connectivity index (χ3v) is 3.82. The summed E-state index contributed by atoms with van der Waals surface area (Å²) in [6.07, 6.45) is 3.46. The summed E-state index contributed by atoms with van der Waals surface area (Å²) in [5.41, 5.74) is 0.562. The molecule has 25 heavy (non-hydrogen) atoms. The molecule has 0 radical (unpaired) electrons. The lowest BCUT2D eigenvalue weighted by atomic mass is 10.2. The van der Waals surface area contributed by atoms with Crippen LogP contribution in [-0.4, -0.2) is 75.4 Å². The Morgan fingerprint density at radius 2 is 1.28 bits per heavy atom. The van der Waals surface area contributed by atoms with Crippen molar-refractivity contribution in [2.24, 2.45) is 0 Å². The minimum atomic E-state index is -0.102. The number of nitrogens with one attached hydrogen (secondary N) is 2. The number of carbonyl (C=O) groups is 2. The molecule has 0 heterocycles. The average Bonchev–Trinajstić information content (AvgIpc) is 2.47. The molecule has 6 heteroatoms. The van der Waals surface area contributed by atoms with Crippen molar-refractivity contribution in [3.63, 3.8) is 0 Å². The van der Waals surface area contributed by atoms with Crippen molar-refractivity contribution in [3.8, 4) is 0 Å². The van der Waals surface area contributed by atoms with Crippen LogP contribution in [0.25, 0.3) is 0 Å². The van der Waals surface area contributed by atoms with Gasteiger partial charge < -0.3 is 19.6 Å². The van der Waals surface area contributed by atoms with Crippen LogP contribution in [0.4, 0.5) is 0 Å². The zero-order valence-corrected chi connectivity index (χ0v) is 17.8. The predicted molar refractivity (Wildman–Crippen MR) is 106 cm³/mol. The van der Waals surface area contributed by atoms with E-state index in [1.54, 1.807) is 6.92 Å². The molecule has 0 aliphatic rings. The molecule has 0 bridgehead atoms. The summed E-state index contributed by atoms with van der Waals surface area (Å²) >= 11 is 0. The molecule has 0 fully saturated rings. The normalized spacial score (nSPS) is 13.6. The van der Waals surface area contributed by atoms with Crippen LogP contribution in [0.1, 0.15) is 33.6 Å². The Morgan fingerprint density at radius 1 is 0.920 bits per heavy atom. The van der Waals surface area contributed by atoms with Gasteiger partial charge >= 0.3 is 0 Å². The zero-order chi connectivity index (χ0) is 20.4. The first-order valence-corrected chi connectivity index (χ1v) is 8.72. The Bertz CT molecular complexity index is 459. The topological polar surface area (TPSA) is 58.2 Å². The number of hydrogen-bond donors (Lipinski definition) is 2. The van der Waals surface area contributed by atoms with Crippen molar-refractivity contribution in [1.82, 2.24) is 10.6 Å². The van der Waals surface area contributed by atoms with Crippen molar-refractivity contribution in [2.75, 3.05) is 42.3 Å². The molecule has 0 spiro atoms. The largest absolute Gasteiger partial charge is 0.311 e. The first-order valence-electron chi connectivity index (χ1n) is 8.72. The predicted octanol–water partition coefficient (Wildman–Crippen LogP) is 1.85. The second-order valence-corrected chi connectivity index (χ2v) is 8.05. The van der Waals surface area contributed by atoms with Crippen LogP contribution in [0.15, 0.2) is 24.8 Å². The van der Waals surface area contributed by atoms with Gasteiger partial charge in [0.2, 0.25) is 5.91 Å². The van der Waals surface area contributed by atoms with Crippen molar-refractivity contribution in [1.29, 1.82) is 0 Å². The van der Waals surface area contributed by atoms with Crippen molar-refractivity contribution < 1.29 is 18.6 Å². The molecule has 2 unspecified atom stereocenters. The fourth-order valence-electron chi connectivity index (χ4n) is 2.18. The van der Waals surface area contributed by atoms with E-state index in [-0.39, 0.29) is 24.1 Å². The monoisotopic (exact) mass is 356 g/mol. The maximum Gasteiger partial charge on any atom is 0.250 e. The lowest BCUT2D eigenvalue weighted by Gasteiger charge is -2.33. The van der Waals surface area contributed by atoms with Gasteiger partial charge in [-0.15, -0.1) is 0 Å². The van der Waals surface area contributed by atoms with E-state index in [2.05, 4.69) is 79.9 Å². The van der Waals surface area contributed by atoms with Gasteiger partial charge in [-0.05, 0) is 13.0 Å². The fraction of sp³-hybridized carbons (Fsp3) is 0.684. The van der Waals surface area contributed by atoms with E-state index in [1.807, 2.05) is 0 Å². The Balaban J connectivity index is 0. The Hall–Kier alpha value is -1.66. The Kier molecular flexibility index (Phi) is 11.3. The highest BCUT2D eigenvalue weighted by atomic mass is 16.2. The number of hydrogen-bond acceptors (Lipinski definition) is 2. The quantitative estimate of drug-likeness (QED) is 0.396. The highest BCUT2D eigenvalue weighted by molar-refractivity contribution is 5.92. The summed E-state index contributed by atoms with van der Waals surface area (Å²) in [5, 5.41) is 5.81. The first-order chi connectivity index (χ1) is 11.2. The van der Waals surface area contributed by atoms with Gasteiger partial charge in [-0.1, -0.05) is 27.0 Å². The van der Waals surface area contributed by atoms with Crippen LogP contribution in [0.3, 0.4) is 0 Å². The highest BCUT2D eigenvalue weighted by Crippen LogP contribution is 2.04. The molecule has 0 saturated heterocycles. The first kappa shape index (κ1) is 25.6. The maximum absolute atomic E-state index is 11.3. The van der Waals surface area contributed by atoms with E-state index >= 15 is 0 Å². The SMILES string of the molecule is C=C(C)C(=O)NC(CC)[N+](C)(C)C.C=CC(=O)NC(CC)[N+](C)(C)C. The zero-order valence-electron chi connectivity index (χ0n) is 17.8. The number of carbonyl (C=O) groups excluding carboxylic acids is 2. The minimum Gasteiger partial charge on any atom is -0.311 e. The summed E-state index contributed by atoms with van der Waals surface area (Å²) in [5.74, 6) is -0.158. The molecule has 0 aromatic heterocycles. The maximum atomic E-state index is 11.3. The lowest BCUT2D eigenvalue weighted by molar-refractivity contribution is -0.898. The number of quaternary nitrogens is 2. The lowest BCUT2D eigenvalue weighted by Crippen LogP contribution is -2.54. The molecule has 2 amide bonds. The Morgan fingerprint density at radius 3 is 1.52 bits per heavy atom. The van der Waals surface area contributed by atoms with Gasteiger partial charge in [-0.25, -0.2) is 0 Å².